The lowest BCUT2D eigenvalue weighted by atomic mass is 10.0. The summed E-state index contributed by atoms with van der Waals surface area (Å²) < 4.78 is 0. The molecule has 2 aromatic rings. The molecule has 2 amide bonds. The predicted octanol–water partition coefficient (Wildman–Crippen LogP) is 3.11. The lowest BCUT2D eigenvalue weighted by Crippen LogP contribution is -2.53. The van der Waals surface area contributed by atoms with Crippen molar-refractivity contribution in [3.63, 3.8) is 0 Å². The first-order valence-electron chi connectivity index (χ1n) is 9.71. The Kier molecular flexibility index (Phi) is 9.36. The average Bonchev–Trinajstić information content (AvgIpc) is 3.14. The van der Waals surface area contributed by atoms with Gasteiger partial charge in [0.15, 0.2) is 5.13 Å². The summed E-state index contributed by atoms with van der Waals surface area (Å²) in [5, 5.41) is 7.00. The largest absolute Gasteiger partial charge is 0.375 e. The second kappa shape index (κ2) is 11.5. The zero-order valence-electron chi connectivity index (χ0n) is 17.2. The zero-order chi connectivity index (χ0) is 22.3. The van der Waals surface area contributed by atoms with Gasteiger partial charge in [-0.05, 0) is 37.7 Å². The molecule has 0 aliphatic heterocycles. The molecule has 0 fully saturated rings. The second-order valence-corrected chi connectivity index (χ2v) is 8.75. The number of rotatable bonds is 10. The van der Waals surface area contributed by atoms with Crippen molar-refractivity contribution in [2.75, 3.05) is 18.8 Å². The minimum atomic E-state index is -0.766. The number of nitrogens with zero attached hydrogens (tertiary/aromatic N) is 2. The van der Waals surface area contributed by atoms with E-state index in [0.717, 1.165) is 23.5 Å². The Hall–Kier alpha value is -1.87. The Bertz CT molecular complexity index is 873. The number of amides is 2. The van der Waals surface area contributed by atoms with E-state index in [4.69, 9.17) is 28.9 Å². The van der Waals surface area contributed by atoms with Gasteiger partial charge in [0.05, 0.1) is 22.6 Å². The summed E-state index contributed by atoms with van der Waals surface area (Å²) in [5.74, 6) is -0.505. The molecule has 1 aromatic carbocycles. The predicted molar refractivity (Wildman–Crippen MR) is 123 cm³/mol. The van der Waals surface area contributed by atoms with Crippen molar-refractivity contribution in [3.05, 3.63) is 44.9 Å². The van der Waals surface area contributed by atoms with E-state index in [-0.39, 0.29) is 30.8 Å². The van der Waals surface area contributed by atoms with Crippen LogP contribution in [0.4, 0.5) is 5.13 Å². The number of halogens is 2. The number of likely N-dealkylation sites (N-methyl/N-ethyl adjacent to an activating group) is 1. The maximum atomic E-state index is 12.9. The van der Waals surface area contributed by atoms with Crippen molar-refractivity contribution in [1.82, 2.24) is 20.5 Å². The monoisotopic (exact) mass is 471 g/mol. The molecule has 1 aromatic heterocycles. The number of nitrogens with one attached hydrogen (secondary N) is 2. The molecule has 7 nitrogen and oxygen atoms in total. The first kappa shape index (κ1) is 24.4. The average molecular weight is 472 g/mol. The van der Waals surface area contributed by atoms with Gasteiger partial charge in [-0.25, -0.2) is 4.98 Å². The first-order valence-corrected chi connectivity index (χ1v) is 11.3. The molecule has 0 saturated carbocycles. The Morgan fingerprint density at radius 2 is 1.90 bits per heavy atom. The summed E-state index contributed by atoms with van der Waals surface area (Å²) in [5.41, 5.74) is 6.43. The van der Waals surface area contributed by atoms with Crippen LogP contribution < -0.4 is 16.4 Å². The summed E-state index contributed by atoms with van der Waals surface area (Å²) in [4.78, 5) is 32.5. The van der Waals surface area contributed by atoms with Gasteiger partial charge in [0.1, 0.15) is 6.04 Å². The number of hydrogen-bond acceptors (Lipinski definition) is 6. The molecule has 2 rings (SSSR count). The van der Waals surface area contributed by atoms with Gasteiger partial charge in [0.25, 0.3) is 0 Å². The lowest BCUT2D eigenvalue weighted by Gasteiger charge is -2.27. The highest BCUT2D eigenvalue weighted by molar-refractivity contribution is 7.15. The van der Waals surface area contributed by atoms with Crippen LogP contribution in [0.1, 0.15) is 31.2 Å². The van der Waals surface area contributed by atoms with E-state index in [1.165, 1.54) is 11.3 Å². The van der Waals surface area contributed by atoms with E-state index in [0.29, 0.717) is 15.2 Å². The Morgan fingerprint density at radius 1 is 1.20 bits per heavy atom. The molecule has 0 unspecified atom stereocenters. The van der Waals surface area contributed by atoms with E-state index in [9.17, 15) is 9.59 Å². The summed E-state index contributed by atoms with van der Waals surface area (Å²) in [7, 11) is 0. The zero-order valence-corrected chi connectivity index (χ0v) is 19.6. The summed E-state index contributed by atoms with van der Waals surface area (Å²) >= 11 is 13.4. The number of carbonyl (C=O) groups is 2. The molecule has 2 atom stereocenters. The Labute approximate surface area is 190 Å². The highest BCUT2D eigenvalue weighted by Gasteiger charge is 2.26. The fraction of sp³-hybridized carbons (Fsp3) is 0.450. The van der Waals surface area contributed by atoms with Crippen LogP contribution in [0.5, 0.6) is 0 Å². The number of carbonyl (C=O) groups excluding carboxylic acids is 2. The SMILES string of the molecule is CCN(CC)[C@@H](C)C(=O)N[C@@H](Cc1ccc(Cl)c(Cl)c1)C(=O)NCc1cnc(N)s1. The molecule has 164 valence electrons. The van der Waals surface area contributed by atoms with E-state index >= 15 is 0 Å². The van der Waals surface area contributed by atoms with E-state index in [1.807, 2.05) is 25.7 Å². The normalized spacial score (nSPS) is 13.1. The quantitative estimate of drug-likeness (QED) is 0.494. The van der Waals surface area contributed by atoms with Crippen molar-refractivity contribution < 1.29 is 9.59 Å². The molecule has 0 bridgehead atoms. The molecule has 0 aliphatic carbocycles. The van der Waals surface area contributed by atoms with Crippen LogP contribution in [0, 0.1) is 0 Å². The third-order valence-corrected chi connectivity index (χ3v) is 6.37. The minimum Gasteiger partial charge on any atom is -0.375 e. The number of nitrogens with two attached hydrogens (primary N) is 1. The van der Waals surface area contributed by atoms with Crippen LogP contribution in [-0.2, 0) is 22.6 Å². The van der Waals surface area contributed by atoms with Gasteiger partial charge >= 0.3 is 0 Å². The van der Waals surface area contributed by atoms with E-state index < -0.39 is 6.04 Å². The third-order valence-electron chi connectivity index (χ3n) is 4.80. The van der Waals surface area contributed by atoms with Crippen molar-refractivity contribution >= 4 is 51.5 Å². The van der Waals surface area contributed by atoms with Crippen LogP contribution in [0.15, 0.2) is 24.4 Å². The van der Waals surface area contributed by atoms with E-state index in [1.54, 1.807) is 24.4 Å². The number of thiazole rings is 1. The lowest BCUT2D eigenvalue weighted by molar-refractivity contribution is -0.131. The Balaban J connectivity index is 2.14. The molecule has 4 N–H and O–H groups in total. The van der Waals surface area contributed by atoms with Gasteiger partial charge < -0.3 is 16.4 Å². The van der Waals surface area contributed by atoms with Gasteiger partial charge in [-0.15, -0.1) is 11.3 Å². The van der Waals surface area contributed by atoms with Crippen LogP contribution >= 0.6 is 34.5 Å². The molecule has 0 aliphatic rings. The van der Waals surface area contributed by atoms with Gasteiger partial charge in [-0.3, -0.25) is 14.5 Å². The molecular weight excluding hydrogens is 445 g/mol. The number of benzene rings is 1. The van der Waals surface area contributed by atoms with Gasteiger partial charge in [-0.1, -0.05) is 43.1 Å². The van der Waals surface area contributed by atoms with Crippen LogP contribution in [0.2, 0.25) is 10.0 Å². The number of hydrogen-bond donors (Lipinski definition) is 3. The van der Waals surface area contributed by atoms with E-state index in [2.05, 4.69) is 15.6 Å². The van der Waals surface area contributed by atoms with Crippen LogP contribution in [0.25, 0.3) is 0 Å². The number of nitrogen functional groups attached to an aromatic ring is 1. The highest BCUT2D eigenvalue weighted by atomic mass is 35.5. The number of aromatic nitrogens is 1. The van der Waals surface area contributed by atoms with Crippen molar-refractivity contribution in [1.29, 1.82) is 0 Å². The molecule has 30 heavy (non-hydrogen) atoms. The molecule has 1 heterocycles. The molecule has 0 saturated heterocycles. The first-order chi connectivity index (χ1) is 14.2. The highest BCUT2D eigenvalue weighted by Crippen LogP contribution is 2.23. The maximum absolute atomic E-state index is 12.9. The minimum absolute atomic E-state index is 0.207. The second-order valence-electron chi connectivity index (χ2n) is 6.79. The van der Waals surface area contributed by atoms with Crippen LogP contribution in [0.3, 0.4) is 0 Å². The van der Waals surface area contributed by atoms with Gasteiger partial charge in [0, 0.05) is 17.5 Å². The van der Waals surface area contributed by atoms with Crippen molar-refractivity contribution in [2.45, 2.75) is 45.8 Å². The topological polar surface area (TPSA) is 100 Å². The van der Waals surface area contributed by atoms with Gasteiger partial charge in [0.2, 0.25) is 11.8 Å². The molecule has 0 spiro atoms. The molecule has 10 heteroatoms. The molecule has 0 radical (unpaired) electrons. The Morgan fingerprint density at radius 3 is 2.47 bits per heavy atom. The van der Waals surface area contributed by atoms with Gasteiger partial charge in [-0.2, -0.15) is 0 Å². The summed E-state index contributed by atoms with van der Waals surface area (Å²) in [6.07, 6.45) is 1.90. The molecular formula is C20H27Cl2N5O2S. The fourth-order valence-corrected chi connectivity index (χ4v) is 3.99. The summed E-state index contributed by atoms with van der Waals surface area (Å²) in [6, 6.07) is 4.05. The van der Waals surface area contributed by atoms with Crippen LogP contribution in [-0.4, -0.2) is 46.9 Å². The number of anilines is 1. The smallest absolute Gasteiger partial charge is 0.243 e. The third kappa shape index (κ3) is 6.84. The maximum Gasteiger partial charge on any atom is 0.243 e. The summed E-state index contributed by atoms with van der Waals surface area (Å²) in [6.45, 7) is 7.58. The van der Waals surface area contributed by atoms with Crippen molar-refractivity contribution in [2.24, 2.45) is 0 Å². The van der Waals surface area contributed by atoms with Crippen molar-refractivity contribution in [3.8, 4) is 0 Å². The standard InChI is InChI=1S/C20H27Cl2N5O2S/c1-4-27(5-2)12(3)18(28)26-17(9-13-6-7-15(21)16(22)8-13)19(29)24-10-14-11-25-20(23)30-14/h6-8,11-12,17H,4-5,9-10H2,1-3H3,(H2,23,25)(H,24,29)(H,26,28)/t12-,17-/m0/s1. The fourth-order valence-electron chi connectivity index (χ4n) is 3.04.